The standard InChI is InChI=1S/C16H33N3/c1-3-8-17-12-16-7-11-18(14-16)13-15(2)19-9-5-4-6-10-19/h15-17H,3-14H2,1-2H3. The van der Waals surface area contributed by atoms with Gasteiger partial charge in [0.05, 0.1) is 0 Å². The largest absolute Gasteiger partial charge is 0.316 e. The van der Waals surface area contributed by atoms with E-state index in [4.69, 9.17) is 0 Å². The van der Waals surface area contributed by atoms with Gasteiger partial charge in [0.15, 0.2) is 0 Å². The number of likely N-dealkylation sites (tertiary alicyclic amines) is 2. The topological polar surface area (TPSA) is 18.5 Å². The average molecular weight is 267 g/mol. The molecule has 0 aromatic carbocycles. The van der Waals surface area contributed by atoms with Crippen LogP contribution in [0.3, 0.4) is 0 Å². The smallest absolute Gasteiger partial charge is 0.0194 e. The summed E-state index contributed by atoms with van der Waals surface area (Å²) < 4.78 is 0. The summed E-state index contributed by atoms with van der Waals surface area (Å²) in [6.45, 7) is 13.6. The van der Waals surface area contributed by atoms with Gasteiger partial charge in [0.25, 0.3) is 0 Å². The fourth-order valence-electron chi connectivity index (χ4n) is 3.58. The molecule has 0 bridgehead atoms. The van der Waals surface area contributed by atoms with Crippen LogP contribution in [0.2, 0.25) is 0 Å². The Labute approximate surface area is 119 Å². The highest BCUT2D eigenvalue weighted by atomic mass is 15.2. The van der Waals surface area contributed by atoms with Crippen molar-refractivity contribution in [3.63, 3.8) is 0 Å². The third kappa shape index (κ3) is 5.05. The second-order valence-corrected chi connectivity index (χ2v) is 6.56. The molecule has 0 aromatic rings. The number of nitrogens with zero attached hydrogens (tertiary/aromatic N) is 2. The zero-order chi connectivity index (χ0) is 13.5. The van der Waals surface area contributed by atoms with E-state index in [0.717, 1.165) is 12.0 Å². The number of hydrogen-bond acceptors (Lipinski definition) is 3. The summed E-state index contributed by atoms with van der Waals surface area (Å²) in [7, 11) is 0. The van der Waals surface area contributed by atoms with Crippen LogP contribution in [-0.2, 0) is 0 Å². The Bertz CT molecular complexity index is 238. The van der Waals surface area contributed by atoms with Crippen LogP contribution in [0, 0.1) is 5.92 Å². The molecular formula is C16H33N3. The number of nitrogens with one attached hydrogen (secondary N) is 1. The molecule has 0 amide bonds. The minimum atomic E-state index is 0.752. The van der Waals surface area contributed by atoms with Gasteiger partial charge in [0.1, 0.15) is 0 Å². The molecule has 3 heteroatoms. The molecule has 19 heavy (non-hydrogen) atoms. The van der Waals surface area contributed by atoms with Crippen molar-refractivity contribution in [2.24, 2.45) is 5.92 Å². The zero-order valence-corrected chi connectivity index (χ0v) is 13.0. The van der Waals surface area contributed by atoms with Gasteiger partial charge in [0, 0.05) is 19.1 Å². The number of piperidine rings is 1. The molecule has 1 N–H and O–H groups in total. The quantitative estimate of drug-likeness (QED) is 0.713. The van der Waals surface area contributed by atoms with Gasteiger partial charge in [-0.2, -0.15) is 0 Å². The van der Waals surface area contributed by atoms with Crippen molar-refractivity contribution in [2.45, 2.75) is 52.0 Å². The summed E-state index contributed by atoms with van der Waals surface area (Å²) >= 11 is 0. The Morgan fingerprint density at radius 1 is 1.16 bits per heavy atom. The highest BCUT2D eigenvalue weighted by Crippen LogP contribution is 2.18. The zero-order valence-electron chi connectivity index (χ0n) is 13.0. The molecule has 2 heterocycles. The summed E-state index contributed by atoms with van der Waals surface area (Å²) in [4.78, 5) is 5.39. The summed E-state index contributed by atoms with van der Waals surface area (Å²) in [6.07, 6.45) is 6.91. The van der Waals surface area contributed by atoms with E-state index >= 15 is 0 Å². The molecule has 2 aliphatic heterocycles. The monoisotopic (exact) mass is 267 g/mol. The number of rotatable bonds is 7. The second kappa shape index (κ2) is 8.23. The van der Waals surface area contributed by atoms with Gasteiger partial charge in [-0.25, -0.2) is 0 Å². The summed E-state index contributed by atoms with van der Waals surface area (Å²) in [6, 6.07) is 0.752. The normalized spacial score (nSPS) is 27.8. The lowest BCUT2D eigenvalue weighted by Crippen LogP contribution is -2.44. The van der Waals surface area contributed by atoms with E-state index in [-0.39, 0.29) is 0 Å². The van der Waals surface area contributed by atoms with Crippen LogP contribution in [0.4, 0.5) is 0 Å². The lowest BCUT2D eigenvalue weighted by Gasteiger charge is -2.34. The Hall–Kier alpha value is -0.120. The van der Waals surface area contributed by atoms with Crippen molar-refractivity contribution in [1.29, 1.82) is 0 Å². The van der Waals surface area contributed by atoms with Crippen LogP contribution in [0.5, 0.6) is 0 Å². The average Bonchev–Trinajstić information content (AvgIpc) is 2.88. The summed E-state index contributed by atoms with van der Waals surface area (Å²) in [5.74, 6) is 0.889. The molecule has 0 spiro atoms. The predicted molar refractivity (Wildman–Crippen MR) is 82.6 cm³/mol. The lowest BCUT2D eigenvalue weighted by molar-refractivity contribution is 0.137. The van der Waals surface area contributed by atoms with Crippen LogP contribution >= 0.6 is 0 Å². The first-order valence-corrected chi connectivity index (χ1v) is 8.46. The van der Waals surface area contributed by atoms with Gasteiger partial charge in [0.2, 0.25) is 0 Å². The van der Waals surface area contributed by atoms with Crippen molar-refractivity contribution in [2.75, 3.05) is 45.8 Å². The van der Waals surface area contributed by atoms with Crippen molar-refractivity contribution in [3.8, 4) is 0 Å². The summed E-state index contributed by atoms with van der Waals surface area (Å²) in [5.41, 5.74) is 0. The van der Waals surface area contributed by atoms with Crippen molar-refractivity contribution in [3.05, 3.63) is 0 Å². The Morgan fingerprint density at radius 2 is 1.95 bits per heavy atom. The van der Waals surface area contributed by atoms with Crippen molar-refractivity contribution < 1.29 is 0 Å². The second-order valence-electron chi connectivity index (χ2n) is 6.56. The maximum absolute atomic E-state index is 3.58. The number of hydrogen-bond donors (Lipinski definition) is 1. The van der Waals surface area contributed by atoms with Crippen LogP contribution in [0.15, 0.2) is 0 Å². The molecule has 0 aromatic heterocycles. The van der Waals surface area contributed by atoms with Crippen molar-refractivity contribution >= 4 is 0 Å². The molecule has 2 aliphatic rings. The first-order valence-electron chi connectivity index (χ1n) is 8.46. The Balaban J connectivity index is 1.63. The molecule has 2 atom stereocenters. The minimum Gasteiger partial charge on any atom is -0.316 e. The Kier molecular flexibility index (Phi) is 6.62. The van der Waals surface area contributed by atoms with E-state index in [9.17, 15) is 0 Å². The molecule has 2 unspecified atom stereocenters. The highest BCUT2D eigenvalue weighted by molar-refractivity contribution is 4.81. The van der Waals surface area contributed by atoms with Crippen LogP contribution in [0.1, 0.15) is 46.0 Å². The van der Waals surface area contributed by atoms with Crippen LogP contribution in [0.25, 0.3) is 0 Å². The van der Waals surface area contributed by atoms with Crippen molar-refractivity contribution in [1.82, 2.24) is 15.1 Å². The molecule has 0 saturated carbocycles. The third-order valence-corrected chi connectivity index (χ3v) is 4.77. The predicted octanol–water partition coefficient (Wildman–Crippen LogP) is 2.18. The van der Waals surface area contributed by atoms with Gasteiger partial charge in [-0.05, 0) is 71.2 Å². The lowest BCUT2D eigenvalue weighted by atomic mass is 10.1. The fraction of sp³-hybridized carbons (Fsp3) is 1.00. The Morgan fingerprint density at radius 3 is 2.68 bits per heavy atom. The van der Waals surface area contributed by atoms with E-state index in [1.165, 1.54) is 77.9 Å². The van der Waals surface area contributed by atoms with E-state index in [1.54, 1.807) is 0 Å². The van der Waals surface area contributed by atoms with E-state index in [0.29, 0.717) is 0 Å². The van der Waals surface area contributed by atoms with Crippen LogP contribution < -0.4 is 5.32 Å². The van der Waals surface area contributed by atoms with Gasteiger partial charge in [-0.15, -0.1) is 0 Å². The molecule has 2 saturated heterocycles. The molecular weight excluding hydrogens is 234 g/mol. The van der Waals surface area contributed by atoms with Gasteiger partial charge >= 0.3 is 0 Å². The molecule has 0 radical (unpaired) electrons. The molecule has 0 aliphatic carbocycles. The third-order valence-electron chi connectivity index (χ3n) is 4.77. The molecule has 2 rings (SSSR count). The van der Waals surface area contributed by atoms with Crippen LogP contribution in [-0.4, -0.2) is 61.7 Å². The van der Waals surface area contributed by atoms with E-state index < -0.39 is 0 Å². The molecule has 3 nitrogen and oxygen atoms in total. The maximum Gasteiger partial charge on any atom is 0.0194 e. The maximum atomic E-state index is 3.58. The molecule has 112 valence electrons. The minimum absolute atomic E-state index is 0.752. The van der Waals surface area contributed by atoms with Gasteiger partial charge < -0.3 is 10.2 Å². The first kappa shape index (κ1) is 15.3. The first-order chi connectivity index (χ1) is 9.29. The fourth-order valence-corrected chi connectivity index (χ4v) is 3.58. The molecule has 2 fully saturated rings. The van der Waals surface area contributed by atoms with E-state index in [1.807, 2.05) is 0 Å². The van der Waals surface area contributed by atoms with Gasteiger partial charge in [-0.1, -0.05) is 13.3 Å². The van der Waals surface area contributed by atoms with E-state index in [2.05, 4.69) is 29.0 Å². The SMILES string of the molecule is CCCNCC1CCN(CC(C)N2CCCCC2)C1. The van der Waals surface area contributed by atoms with Gasteiger partial charge in [-0.3, -0.25) is 4.90 Å². The summed E-state index contributed by atoms with van der Waals surface area (Å²) in [5, 5.41) is 3.58. The highest BCUT2D eigenvalue weighted by Gasteiger charge is 2.25.